The third kappa shape index (κ3) is 4.03. The van der Waals surface area contributed by atoms with Gasteiger partial charge in [0.2, 0.25) is 5.91 Å². The Kier molecular flexibility index (Phi) is 5.37. The summed E-state index contributed by atoms with van der Waals surface area (Å²) in [5.41, 5.74) is 3.80. The average Bonchev–Trinajstić information content (AvgIpc) is 2.46. The maximum atomic E-state index is 12.2. The number of carbonyl (C=O) groups excluding carboxylic acids is 1. The zero-order chi connectivity index (χ0) is 13.7. The maximum absolute atomic E-state index is 12.2. The number of hydrogen-bond acceptors (Lipinski definition) is 3. The standard InChI is InChI=1S/C15H27N3O/c1-11-7-3-4-8-13(11)15(19)18-17-12(2)14-9-5-6-10-16-14/h11,13-14,16H,3-10H2,1-2H3,(H,18,19)/b17-12+. The fraction of sp³-hybridized carbons (Fsp3) is 0.867. The smallest absolute Gasteiger partial charge is 0.243 e. The Hall–Kier alpha value is -0.900. The highest BCUT2D eigenvalue weighted by Gasteiger charge is 2.27. The van der Waals surface area contributed by atoms with Gasteiger partial charge in [0.25, 0.3) is 0 Å². The van der Waals surface area contributed by atoms with E-state index in [1.54, 1.807) is 0 Å². The van der Waals surface area contributed by atoms with Crippen LogP contribution in [0.4, 0.5) is 0 Å². The molecule has 0 spiro atoms. The highest BCUT2D eigenvalue weighted by atomic mass is 16.2. The molecule has 1 saturated carbocycles. The van der Waals surface area contributed by atoms with Crippen LogP contribution in [-0.4, -0.2) is 24.2 Å². The number of hydrogen-bond donors (Lipinski definition) is 2. The topological polar surface area (TPSA) is 53.5 Å². The van der Waals surface area contributed by atoms with E-state index >= 15 is 0 Å². The summed E-state index contributed by atoms with van der Waals surface area (Å²) in [5.74, 6) is 0.768. The second kappa shape index (κ2) is 7.04. The lowest BCUT2D eigenvalue weighted by atomic mass is 9.80. The predicted octanol–water partition coefficient (Wildman–Crippen LogP) is 2.45. The quantitative estimate of drug-likeness (QED) is 0.608. The summed E-state index contributed by atoms with van der Waals surface area (Å²) in [6, 6.07) is 0.345. The van der Waals surface area contributed by atoms with E-state index in [-0.39, 0.29) is 11.8 Å². The zero-order valence-electron chi connectivity index (χ0n) is 12.2. The van der Waals surface area contributed by atoms with Crippen LogP contribution >= 0.6 is 0 Å². The first-order chi connectivity index (χ1) is 9.18. The van der Waals surface area contributed by atoms with Gasteiger partial charge in [-0.05, 0) is 45.1 Å². The second-order valence-corrected chi connectivity index (χ2v) is 6.10. The van der Waals surface area contributed by atoms with E-state index in [4.69, 9.17) is 0 Å². The lowest BCUT2D eigenvalue weighted by Crippen LogP contribution is -2.41. The van der Waals surface area contributed by atoms with Crippen LogP contribution in [0.3, 0.4) is 0 Å². The highest BCUT2D eigenvalue weighted by molar-refractivity contribution is 5.89. The largest absolute Gasteiger partial charge is 0.309 e. The lowest BCUT2D eigenvalue weighted by molar-refractivity contribution is -0.127. The van der Waals surface area contributed by atoms with Gasteiger partial charge in [-0.2, -0.15) is 5.10 Å². The molecule has 4 heteroatoms. The molecule has 0 bridgehead atoms. The van der Waals surface area contributed by atoms with Crippen molar-refractivity contribution in [3.05, 3.63) is 0 Å². The van der Waals surface area contributed by atoms with E-state index in [0.29, 0.717) is 12.0 Å². The van der Waals surface area contributed by atoms with Gasteiger partial charge < -0.3 is 5.32 Å². The van der Waals surface area contributed by atoms with E-state index in [1.165, 1.54) is 32.1 Å². The van der Waals surface area contributed by atoms with Gasteiger partial charge in [-0.15, -0.1) is 0 Å². The van der Waals surface area contributed by atoms with Crippen LogP contribution in [0.25, 0.3) is 0 Å². The minimum absolute atomic E-state index is 0.113. The van der Waals surface area contributed by atoms with Crippen molar-refractivity contribution >= 4 is 11.6 Å². The first-order valence-electron chi connectivity index (χ1n) is 7.76. The molecular weight excluding hydrogens is 238 g/mol. The molecule has 4 nitrogen and oxygen atoms in total. The van der Waals surface area contributed by atoms with Crippen LogP contribution in [0.5, 0.6) is 0 Å². The molecule has 3 unspecified atom stereocenters. The Labute approximate surface area is 116 Å². The molecule has 0 aromatic heterocycles. The molecule has 1 aliphatic carbocycles. The van der Waals surface area contributed by atoms with Gasteiger partial charge in [0.05, 0.1) is 5.71 Å². The molecule has 2 rings (SSSR count). The Morgan fingerprint density at radius 2 is 1.89 bits per heavy atom. The van der Waals surface area contributed by atoms with Crippen LogP contribution in [0.15, 0.2) is 5.10 Å². The minimum Gasteiger partial charge on any atom is -0.309 e. The summed E-state index contributed by atoms with van der Waals surface area (Å²) in [7, 11) is 0. The van der Waals surface area contributed by atoms with E-state index in [9.17, 15) is 4.79 Å². The summed E-state index contributed by atoms with van der Waals surface area (Å²) in [5, 5.41) is 7.76. The number of hydrazone groups is 1. The summed E-state index contributed by atoms with van der Waals surface area (Å²) in [6.45, 7) is 5.25. The van der Waals surface area contributed by atoms with Gasteiger partial charge in [-0.3, -0.25) is 4.79 Å². The molecule has 2 N–H and O–H groups in total. The highest BCUT2D eigenvalue weighted by Crippen LogP contribution is 2.29. The van der Waals surface area contributed by atoms with Crippen LogP contribution in [0, 0.1) is 11.8 Å². The average molecular weight is 265 g/mol. The number of rotatable bonds is 3. The summed E-state index contributed by atoms with van der Waals surface area (Å²) >= 11 is 0. The molecule has 2 fully saturated rings. The van der Waals surface area contributed by atoms with Crippen molar-refractivity contribution in [1.29, 1.82) is 0 Å². The number of nitrogens with one attached hydrogen (secondary N) is 2. The van der Waals surface area contributed by atoms with Crippen molar-refractivity contribution in [3.8, 4) is 0 Å². The minimum atomic E-state index is 0.113. The number of amides is 1. The van der Waals surface area contributed by atoms with Crippen molar-refractivity contribution in [2.24, 2.45) is 16.9 Å². The number of carbonyl (C=O) groups is 1. The second-order valence-electron chi connectivity index (χ2n) is 6.10. The summed E-state index contributed by atoms with van der Waals surface area (Å²) in [6.07, 6.45) is 8.25. The van der Waals surface area contributed by atoms with Gasteiger partial charge in [0.15, 0.2) is 0 Å². The van der Waals surface area contributed by atoms with Crippen LogP contribution in [-0.2, 0) is 4.79 Å². The Morgan fingerprint density at radius 3 is 2.58 bits per heavy atom. The number of nitrogens with zero attached hydrogens (tertiary/aromatic N) is 1. The third-order valence-electron chi connectivity index (χ3n) is 4.61. The lowest BCUT2D eigenvalue weighted by Gasteiger charge is -2.27. The van der Waals surface area contributed by atoms with Crippen LogP contribution < -0.4 is 10.7 Å². The number of piperidine rings is 1. The monoisotopic (exact) mass is 265 g/mol. The van der Waals surface area contributed by atoms with Crippen molar-refractivity contribution in [1.82, 2.24) is 10.7 Å². The van der Waals surface area contributed by atoms with Crippen LogP contribution in [0.1, 0.15) is 58.8 Å². The van der Waals surface area contributed by atoms with Crippen molar-refractivity contribution < 1.29 is 4.79 Å². The summed E-state index contributed by atoms with van der Waals surface area (Å²) in [4.78, 5) is 12.2. The molecule has 1 aliphatic heterocycles. The summed E-state index contributed by atoms with van der Waals surface area (Å²) < 4.78 is 0. The molecule has 1 amide bonds. The zero-order valence-corrected chi connectivity index (χ0v) is 12.2. The van der Waals surface area contributed by atoms with E-state index in [2.05, 4.69) is 22.8 Å². The van der Waals surface area contributed by atoms with Gasteiger partial charge in [-0.1, -0.05) is 26.2 Å². The molecule has 0 aromatic carbocycles. The molecule has 2 aliphatic rings. The molecule has 1 heterocycles. The molecule has 0 radical (unpaired) electrons. The Balaban J connectivity index is 1.84. The van der Waals surface area contributed by atoms with Crippen molar-refractivity contribution in [2.75, 3.05) is 6.54 Å². The SMILES string of the molecule is C/C(=N\NC(=O)C1CCCCC1C)C1CCCCN1. The maximum Gasteiger partial charge on any atom is 0.243 e. The molecular formula is C15H27N3O. The molecule has 1 saturated heterocycles. The van der Waals surface area contributed by atoms with E-state index in [1.807, 2.05) is 6.92 Å². The normalized spacial score (nSPS) is 32.9. The third-order valence-corrected chi connectivity index (χ3v) is 4.61. The van der Waals surface area contributed by atoms with Crippen molar-refractivity contribution in [3.63, 3.8) is 0 Å². The molecule has 19 heavy (non-hydrogen) atoms. The van der Waals surface area contributed by atoms with Gasteiger partial charge in [-0.25, -0.2) is 5.43 Å². The van der Waals surface area contributed by atoms with Crippen molar-refractivity contribution in [2.45, 2.75) is 64.8 Å². The van der Waals surface area contributed by atoms with Crippen LogP contribution in [0.2, 0.25) is 0 Å². The van der Waals surface area contributed by atoms with Gasteiger partial charge in [0, 0.05) is 12.0 Å². The fourth-order valence-corrected chi connectivity index (χ4v) is 3.22. The molecule has 108 valence electrons. The van der Waals surface area contributed by atoms with Gasteiger partial charge >= 0.3 is 0 Å². The first kappa shape index (κ1) is 14.5. The van der Waals surface area contributed by atoms with E-state index < -0.39 is 0 Å². The van der Waals surface area contributed by atoms with Gasteiger partial charge in [0.1, 0.15) is 0 Å². The molecule has 0 aromatic rings. The molecule has 3 atom stereocenters. The predicted molar refractivity (Wildman–Crippen MR) is 78.0 cm³/mol. The fourth-order valence-electron chi connectivity index (χ4n) is 3.22. The van der Waals surface area contributed by atoms with E-state index in [0.717, 1.165) is 25.1 Å². The Bertz CT molecular complexity index is 334. The Morgan fingerprint density at radius 1 is 1.16 bits per heavy atom. The first-order valence-corrected chi connectivity index (χ1v) is 7.76.